The molecule has 0 bridgehead atoms. The minimum absolute atomic E-state index is 0.0105. The average molecular weight is 373 g/mol. The van der Waals surface area contributed by atoms with E-state index in [-0.39, 0.29) is 17.4 Å². The maximum Gasteiger partial charge on any atom is 0.269 e. The lowest BCUT2D eigenvalue weighted by molar-refractivity contribution is -0.118. The van der Waals surface area contributed by atoms with E-state index in [9.17, 15) is 14.4 Å². The van der Waals surface area contributed by atoms with Gasteiger partial charge in [-0.1, -0.05) is 13.8 Å². The number of nitrogens with one attached hydrogen (secondary N) is 3. The summed E-state index contributed by atoms with van der Waals surface area (Å²) in [5.41, 5.74) is 5.61. The summed E-state index contributed by atoms with van der Waals surface area (Å²) in [5.74, 6) is -1.17. The van der Waals surface area contributed by atoms with Gasteiger partial charge in [0.2, 0.25) is 5.91 Å². The third-order valence-electron chi connectivity index (χ3n) is 3.79. The van der Waals surface area contributed by atoms with Crippen LogP contribution in [0, 0.1) is 5.92 Å². The predicted octanol–water partition coefficient (Wildman–Crippen LogP) is 1.30. The predicted molar refractivity (Wildman–Crippen MR) is 99.4 cm³/mol. The Labute approximate surface area is 156 Å². The number of primary amides is 1. The Bertz CT molecular complexity index is 813. The van der Waals surface area contributed by atoms with E-state index in [4.69, 9.17) is 10.5 Å². The van der Waals surface area contributed by atoms with Gasteiger partial charge in [-0.2, -0.15) is 0 Å². The van der Waals surface area contributed by atoms with Gasteiger partial charge in [0.05, 0.1) is 12.9 Å². The number of benzene rings is 1. The molecule has 1 heterocycles. The fourth-order valence-electron chi connectivity index (χ4n) is 2.40. The molecule has 0 radical (unpaired) electrons. The number of nitrogens with two attached hydrogens (primary N) is 1. The topological polar surface area (TPSA) is 139 Å². The minimum Gasteiger partial charge on any atom is -0.494 e. The van der Waals surface area contributed by atoms with E-state index in [0.717, 1.165) is 0 Å². The molecule has 0 spiro atoms. The van der Waals surface area contributed by atoms with Crippen LogP contribution in [-0.2, 0) is 4.79 Å². The van der Waals surface area contributed by atoms with Crippen LogP contribution in [0.5, 0.6) is 5.75 Å². The molecule has 0 aliphatic heterocycles. The van der Waals surface area contributed by atoms with Gasteiger partial charge in [-0.3, -0.25) is 14.4 Å². The number of carbonyl (C=O) groups excluding carboxylic acids is 3. The Morgan fingerprint density at radius 3 is 2.44 bits per heavy atom. The minimum atomic E-state index is -0.832. The lowest BCUT2D eigenvalue weighted by atomic mass is 10.0. The standard InChI is InChI=1S/C18H23N5O4/c1-4-27-12-7-5-11(6-8-12)17(25)22-13(10(2)3)18(26)23-16-14(15(19)24)20-9-21-16/h5-10,13H,4H2,1-3H3,(H2,19,24)(H,20,21)(H,22,25)(H,23,26)/t13-/m0/s1. The number of amides is 3. The third-order valence-corrected chi connectivity index (χ3v) is 3.79. The molecule has 5 N–H and O–H groups in total. The van der Waals surface area contributed by atoms with Crippen LogP contribution in [0.1, 0.15) is 41.6 Å². The van der Waals surface area contributed by atoms with Crippen LogP contribution >= 0.6 is 0 Å². The van der Waals surface area contributed by atoms with Crippen LogP contribution in [0.25, 0.3) is 0 Å². The Morgan fingerprint density at radius 1 is 1.22 bits per heavy atom. The number of ether oxygens (including phenoxy) is 1. The second-order valence-corrected chi connectivity index (χ2v) is 6.13. The van der Waals surface area contributed by atoms with Gasteiger partial charge in [-0.25, -0.2) is 4.98 Å². The number of hydrogen-bond donors (Lipinski definition) is 4. The van der Waals surface area contributed by atoms with Crippen LogP contribution in [0.2, 0.25) is 0 Å². The van der Waals surface area contributed by atoms with Crippen molar-refractivity contribution in [1.29, 1.82) is 0 Å². The summed E-state index contributed by atoms with van der Waals surface area (Å²) in [6.07, 6.45) is 1.25. The average Bonchev–Trinajstić information content (AvgIpc) is 3.08. The van der Waals surface area contributed by atoms with Crippen LogP contribution in [0.4, 0.5) is 5.82 Å². The molecule has 2 rings (SSSR count). The Morgan fingerprint density at radius 2 is 1.89 bits per heavy atom. The molecule has 0 fully saturated rings. The van der Waals surface area contributed by atoms with Gasteiger partial charge in [-0.05, 0) is 37.1 Å². The highest BCUT2D eigenvalue weighted by molar-refractivity contribution is 6.04. The summed E-state index contributed by atoms with van der Waals surface area (Å²) in [5, 5.41) is 5.22. The molecule has 0 aliphatic carbocycles. The lowest BCUT2D eigenvalue weighted by Gasteiger charge is -2.21. The van der Waals surface area contributed by atoms with Crippen LogP contribution in [0.15, 0.2) is 30.6 Å². The van der Waals surface area contributed by atoms with E-state index in [1.54, 1.807) is 38.1 Å². The van der Waals surface area contributed by atoms with E-state index in [0.29, 0.717) is 17.9 Å². The Balaban J connectivity index is 2.09. The smallest absolute Gasteiger partial charge is 0.269 e. The summed E-state index contributed by atoms with van der Waals surface area (Å²) in [4.78, 5) is 42.8. The van der Waals surface area contributed by atoms with Crippen molar-refractivity contribution in [3.63, 3.8) is 0 Å². The number of nitrogens with zero attached hydrogens (tertiary/aromatic N) is 1. The first-order valence-electron chi connectivity index (χ1n) is 8.51. The number of aromatic amines is 1. The number of aromatic nitrogens is 2. The molecule has 0 aliphatic rings. The molecule has 3 amide bonds. The molecule has 27 heavy (non-hydrogen) atoms. The molecule has 2 aromatic rings. The van der Waals surface area contributed by atoms with Crippen molar-refractivity contribution in [2.75, 3.05) is 11.9 Å². The number of hydrogen-bond acceptors (Lipinski definition) is 5. The molecule has 0 saturated carbocycles. The van der Waals surface area contributed by atoms with Crippen molar-refractivity contribution in [2.24, 2.45) is 11.7 Å². The zero-order valence-electron chi connectivity index (χ0n) is 15.4. The number of imidazole rings is 1. The van der Waals surface area contributed by atoms with Gasteiger partial charge in [-0.15, -0.1) is 0 Å². The molecule has 1 aromatic heterocycles. The molecule has 9 heteroatoms. The van der Waals surface area contributed by atoms with Crippen LogP contribution in [-0.4, -0.2) is 40.3 Å². The van der Waals surface area contributed by atoms with Crippen molar-refractivity contribution in [2.45, 2.75) is 26.8 Å². The summed E-state index contributed by atoms with van der Waals surface area (Å²) in [6, 6.07) is 5.78. The highest BCUT2D eigenvalue weighted by atomic mass is 16.5. The summed E-state index contributed by atoms with van der Waals surface area (Å²) in [6.45, 7) is 5.99. The zero-order chi connectivity index (χ0) is 20.0. The maximum atomic E-state index is 12.6. The highest BCUT2D eigenvalue weighted by Gasteiger charge is 2.26. The molecule has 1 aromatic carbocycles. The van der Waals surface area contributed by atoms with Crippen molar-refractivity contribution in [3.05, 3.63) is 41.9 Å². The monoisotopic (exact) mass is 373 g/mol. The summed E-state index contributed by atoms with van der Waals surface area (Å²) in [7, 11) is 0. The largest absolute Gasteiger partial charge is 0.494 e. The third kappa shape index (κ3) is 5.06. The van der Waals surface area contributed by atoms with Gasteiger partial charge in [0.1, 0.15) is 17.5 Å². The molecular weight excluding hydrogens is 350 g/mol. The van der Waals surface area contributed by atoms with E-state index in [1.165, 1.54) is 6.33 Å². The van der Waals surface area contributed by atoms with E-state index >= 15 is 0 Å². The molecule has 0 unspecified atom stereocenters. The quantitative estimate of drug-likeness (QED) is 0.552. The Hall–Kier alpha value is -3.36. The first kappa shape index (κ1) is 20.0. The Kier molecular flexibility index (Phi) is 6.53. The van der Waals surface area contributed by atoms with Gasteiger partial charge in [0.25, 0.3) is 11.8 Å². The van der Waals surface area contributed by atoms with Crippen molar-refractivity contribution >= 4 is 23.5 Å². The van der Waals surface area contributed by atoms with Gasteiger partial charge in [0.15, 0.2) is 5.82 Å². The molecule has 9 nitrogen and oxygen atoms in total. The second kappa shape index (κ2) is 8.84. The van der Waals surface area contributed by atoms with Crippen LogP contribution in [0.3, 0.4) is 0 Å². The highest BCUT2D eigenvalue weighted by Crippen LogP contribution is 2.14. The first-order chi connectivity index (χ1) is 12.8. The number of rotatable bonds is 8. The zero-order valence-corrected chi connectivity index (χ0v) is 15.4. The fourth-order valence-corrected chi connectivity index (χ4v) is 2.40. The molecular formula is C18H23N5O4. The number of carbonyl (C=O) groups is 3. The van der Waals surface area contributed by atoms with Crippen LogP contribution < -0.4 is 21.1 Å². The second-order valence-electron chi connectivity index (χ2n) is 6.13. The normalized spacial score (nSPS) is 11.7. The summed E-state index contributed by atoms with van der Waals surface area (Å²) >= 11 is 0. The van der Waals surface area contributed by atoms with Gasteiger partial charge >= 0.3 is 0 Å². The lowest BCUT2D eigenvalue weighted by Crippen LogP contribution is -2.47. The van der Waals surface area contributed by atoms with Gasteiger partial charge in [0, 0.05) is 5.56 Å². The van der Waals surface area contributed by atoms with E-state index in [2.05, 4.69) is 20.6 Å². The van der Waals surface area contributed by atoms with Crippen molar-refractivity contribution in [1.82, 2.24) is 15.3 Å². The van der Waals surface area contributed by atoms with E-state index < -0.39 is 23.8 Å². The first-order valence-corrected chi connectivity index (χ1v) is 8.51. The fraction of sp³-hybridized carbons (Fsp3) is 0.333. The van der Waals surface area contributed by atoms with Crippen molar-refractivity contribution < 1.29 is 19.1 Å². The van der Waals surface area contributed by atoms with E-state index in [1.807, 2.05) is 6.92 Å². The maximum absolute atomic E-state index is 12.6. The van der Waals surface area contributed by atoms with Crippen molar-refractivity contribution in [3.8, 4) is 5.75 Å². The molecule has 0 saturated heterocycles. The SMILES string of the molecule is CCOc1ccc(C(=O)N[C@H](C(=O)Nc2nc[nH]c2C(N)=O)C(C)C)cc1. The van der Waals surface area contributed by atoms with Gasteiger partial charge < -0.3 is 26.1 Å². The molecule has 1 atom stereocenters. The molecule has 144 valence electrons. The number of anilines is 1. The number of H-pyrrole nitrogens is 1. The summed E-state index contributed by atoms with van der Waals surface area (Å²) < 4.78 is 5.34.